The summed E-state index contributed by atoms with van der Waals surface area (Å²) in [7, 11) is 0. The number of aliphatic hydroxyl groups excluding tert-OH is 1. The van der Waals surface area contributed by atoms with E-state index in [0.717, 1.165) is 71.4 Å². The Hall–Kier alpha value is -4.41. The molecule has 2 saturated heterocycles. The fourth-order valence-corrected chi connectivity index (χ4v) is 6.44. The van der Waals surface area contributed by atoms with Crippen LogP contribution in [0, 0.1) is 6.92 Å². The normalized spacial score (nSPS) is 16.8. The molecule has 7 rings (SSSR count). The smallest absolute Gasteiger partial charge is 0.274 e. The molecule has 0 aliphatic carbocycles. The lowest BCUT2D eigenvalue weighted by molar-refractivity contribution is 0.102. The molecule has 5 aromatic rings. The Bertz CT molecular complexity index is 1890. The number of aliphatic hydroxyl groups is 1. The number of fused-ring (bicyclic) bond motifs is 1. The Morgan fingerprint density at radius 1 is 0.913 bits per heavy atom. The van der Waals surface area contributed by atoms with Gasteiger partial charge in [-0.2, -0.15) is 0 Å². The number of hydrogen-bond donors (Lipinski definition) is 3. The first kappa shape index (κ1) is 30.3. The summed E-state index contributed by atoms with van der Waals surface area (Å²) in [6.07, 6.45) is 7.25. The third kappa shape index (κ3) is 6.45. The predicted molar refractivity (Wildman–Crippen MR) is 182 cm³/mol. The molecule has 3 aromatic heterocycles. The molecule has 0 saturated carbocycles. The number of benzene rings is 2. The Morgan fingerprint density at radius 3 is 2.43 bits per heavy atom. The molecule has 0 bridgehead atoms. The Morgan fingerprint density at radius 2 is 1.70 bits per heavy atom. The van der Waals surface area contributed by atoms with E-state index in [0.29, 0.717) is 35.3 Å². The Kier molecular flexibility index (Phi) is 8.64. The van der Waals surface area contributed by atoms with Crippen molar-refractivity contribution in [1.82, 2.24) is 24.8 Å². The molecule has 2 aliphatic heterocycles. The average molecular weight is 634 g/mol. The van der Waals surface area contributed by atoms with Gasteiger partial charge in [0.1, 0.15) is 11.2 Å². The fraction of sp³-hybridized carbons (Fsp3) is 0.278. The largest absolute Gasteiger partial charge is 0.392 e. The van der Waals surface area contributed by atoms with Gasteiger partial charge in [0.2, 0.25) is 0 Å². The first-order valence-corrected chi connectivity index (χ1v) is 16.1. The molecular weight excluding hydrogens is 598 g/mol. The number of nitrogens with one attached hydrogen (secondary N) is 2. The van der Waals surface area contributed by atoms with E-state index in [4.69, 9.17) is 16.6 Å². The number of carbonyl (C=O) groups is 1. The molecule has 1 amide bonds. The summed E-state index contributed by atoms with van der Waals surface area (Å²) in [5, 5.41) is 17.7. The molecule has 3 N–H and O–H groups in total. The van der Waals surface area contributed by atoms with Gasteiger partial charge in [0.05, 0.1) is 16.8 Å². The lowest BCUT2D eigenvalue weighted by Crippen LogP contribution is -2.36. The lowest BCUT2D eigenvalue weighted by Gasteiger charge is -2.30. The van der Waals surface area contributed by atoms with Crippen molar-refractivity contribution in [3.63, 3.8) is 0 Å². The number of carbonyl (C=O) groups excluding carboxylic acids is 1. The van der Waals surface area contributed by atoms with Crippen LogP contribution in [0.3, 0.4) is 0 Å². The van der Waals surface area contributed by atoms with E-state index < -0.39 is 0 Å². The van der Waals surface area contributed by atoms with Crippen molar-refractivity contribution in [2.45, 2.75) is 39.0 Å². The van der Waals surface area contributed by atoms with Gasteiger partial charge in [-0.3, -0.25) is 24.6 Å². The molecule has 0 unspecified atom stereocenters. The van der Waals surface area contributed by atoms with Crippen molar-refractivity contribution < 1.29 is 9.90 Å². The second-order valence-electron chi connectivity index (χ2n) is 12.2. The highest BCUT2D eigenvalue weighted by atomic mass is 35.5. The third-order valence-corrected chi connectivity index (χ3v) is 9.25. The van der Waals surface area contributed by atoms with E-state index in [2.05, 4.69) is 36.5 Å². The molecule has 2 aromatic carbocycles. The molecule has 10 heteroatoms. The molecule has 0 spiro atoms. The van der Waals surface area contributed by atoms with E-state index >= 15 is 0 Å². The summed E-state index contributed by atoms with van der Waals surface area (Å²) in [5.74, 6) is 0.355. The van der Waals surface area contributed by atoms with Crippen LogP contribution in [0.5, 0.6) is 0 Å². The van der Waals surface area contributed by atoms with Crippen LogP contribution in [0.1, 0.15) is 40.0 Å². The minimum absolute atomic E-state index is 0.270. The van der Waals surface area contributed by atoms with Crippen LogP contribution in [0.15, 0.2) is 79.3 Å². The van der Waals surface area contributed by atoms with Crippen LogP contribution in [-0.2, 0) is 13.1 Å². The second-order valence-corrected chi connectivity index (χ2v) is 12.5. The van der Waals surface area contributed by atoms with Crippen LogP contribution in [0.2, 0.25) is 5.02 Å². The zero-order chi connectivity index (χ0) is 31.6. The topological polar surface area (TPSA) is 107 Å². The minimum atomic E-state index is -0.336. The predicted octanol–water partition coefficient (Wildman–Crippen LogP) is 6.42. The number of pyridine rings is 3. The summed E-state index contributed by atoms with van der Waals surface area (Å²) in [4.78, 5) is 31.5. The Balaban J connectivity index is 1.08. The van der Waals surface area contributed by atoms with Crippen molar-refractivity contribution in [3.8, 4) is 11.1 Å². The number of hydrogen-bond acceptors (Lipinski definition) is 8. The first-order valence-electron chi connectivity index (χ1n) is 15.7. The van der Waals surface area contributed by atoms with Crippen LogP contribution in [0.25, 0.3) is 22.0 Å². The van der Waals surface area contributed by atoms with Gasteiger partial charge < -0.3 is 15.7 Å². The van der Waals surface area contributed by atoms with Gasteiger partial charge >= 0.3 is 0 Å². The maximum Gasteiger partial charge on any atom is 0.274 e. The molecule has 5 heterocycles. The van der Waals surface area contributed by atoms with Gasteiger partial charge in [-0.05, 0) is 85.4 Å². The summed E-state index contributed by atoms with van der Waals surface area (Å²) < 4.78 is 0. The number of aromatic nitrogens is 3. The van der Waals surface area contributed by atoms with Gasteiger partial charge in [0.15, 0.2) is 5.82 Å². The second kappa shape index (κ2) is 13.1. The molecule has 0 radical (unpaired) electrons. The van der Waals surface area contributed by atoms with Gasteiger partial charge in [0, 0.05) is 61.4 Å². The van der Waals surface area contributed by atoms with Crippen molar-refractivity contribution in [3.05, 3.63) is 107 Å². The molecule has 2 aliphatic rings. The van der Waals surface area contributed by atoms with Crippen molar-refractivity contribution in [2.75, 3.05) is 36.8 Å². The summed E-state index contributed by atoms with van der Waals surface area (Å²) in [5.41, 5.74) is 7.45. The maximum absolute atomic E-state index is 13.1. The highest BCUT2D eigenvalue weighted by molar-refractivity contribution is 6.36. The molecule has 2 fully saturated rings. The van der Waals surface area contributed by atoms with Gasteiger partial charge in [-0.1, -0.05) is 41.9 Å². The number of amides is 1. The zero-order valence-corrected chi connectivity index (χ0v) is 26.5. The van der Waals surface area contributed by atoms with Crippen LogP contribution < -0.4 is 10.6 Å². The Labute approximate surface area is 273 Å². The van der Waals surface area contributed by atoms with Crippen molar-refractivity contribution >= 4 is 45.6 Å². The highest BCUT2D eigenvalue weighted by Crippen LogP contribution is 2.38. The summed E-state index contributed by atoms with van der Waals surface area (Å²) in [6.45, 7) is 7.46. The molecule has 46 heavy (non-hydrogen) atoms. The lowest BCUT2D eigenvalue weighted by atomic mass is 9.98. The minimum Gasteiger partial charge on any atom is -0.392 e. The number of nitrogens with zero attached hydrogens (tertiary/aromatic N) is 5. The SMILES string of the molecule is Cc1c(Nc2nccc3cc(CN4CCC4)cnc23)cccc1-c1cccc(NC(=O)c2ccc(CN3CC[C@@H](O)C3)cn2)c1Cl. The number of likely N-dealkylation sites (tertiary alicyclic amines) is 2. The van der Waals surface area contributed by atoms with E-state index in [9.17, 15) is 9.90 Å². The van der Waals surface area contributed by atoms with Crippen molar-refractivity contribution in [1.29, 1.82) is 0 Å². The molecular formula is C36H36ClN7O2. The van der Waals surface area contributed by atoms with E-state index in [1.807, 2.05) is 61.8 Å². The van der Waals surface area contributed by atoms with Gasteiger partial charge in [-0.25, -0.2) is 4.98 Å². The quantitative estimate of drug-likeness (QED) is 0.171. The number of anilines is 3. The van der Waals surface area contributed by atoms with Crippen LogP contribution in [-0.4, -0.2) is 68.0 Å². The van der Waals surface area contributed by atoms with Crippen LogP contribution in [0.4, 0.5) is 17.2 Å². The van der Waals surface area contributed by atoms with Crippen LogP contribution >= 0.6 is 11.6 Å². The monoisotopic (exact) mass is 633 g/mol. The summed E-state index contributed by atoms with van der Waals surface area (Å²) >= 11 is 6.93. The van der Waals surface area contributed by atoms with E-state index in [-0.39, 0.29) is 12.0 Å². The molecule has 234 valence electrons. The fourth-order valence-electron chi connectivity index (χ4n) is 6.16. The zero-order valence-electron chi connectivity index (χ0n) is 25.7. The number of halogens is 1. The average Bonchev–Trinajstić information content (AvgIpc) is 3.45. The maximum atomic E-state index is 13.1. The molecule has 1 atom stereocenters. The van der Waals surface area contributed by atoms with Gasteiger partial charge in [0.25, 0.3) is 5.91 Å². The number of β-amino-alcohol motifs (C(OH)–C–C–N with tert-alkyl or cyclic N) is 1. The standard InChI is InChI=1S/C36H36ClN7O2/c1-23-28(5-2-7-30(23)41-35-34-26(11-13-38-35)17-25(19-40-34)21-43-14-4-15-43)29-6-3-8-31(33(29)37)42-36(46)32-10-9-24(18-39-32)20-44-16-12-27(45)22-44/h2-3,5-11,13,17-19,27,45H,4,12,14-16,20-22H2,1H3,(H,38,41)(H,42,46)/t27-/m1/s1. The third-order valence-electron chi connectivity index (χ3n) is 8.85. The van der Waals surface area contributed by atoms with Crippen molar-refractivity contribution in [2.24, 2.45) is 0 Å². The molecule has 9 nitrogen and oxygen atoms in total. The van der Waals surface area contributed by atoms with E-state index in [1.165, 1.54) is 12.0 Å². The van der Waals surface area contributed by atoms with Gasteiger partial charge in [-0.15, -0.1) is 0 Å². The summed E-state index contributed by atoms with van der Waals surface area (Å²) in [6, 6.07) is 19.4. The number of rotatable bonds is 9. The highest BCUT2D eigenvalue weighted by Gasteiger charge is 2.21. The van der Waals surface area contributed by atoms with E-state index in [1.54, 1.807) is 18.3 Å². The first-order chi connectivity index (χ1) is 22.4.